The van der Waals surface area contributed by atoms with Crippen LogP contribution in [0.4, 0.5) is 0 Å². The summed E-state index contributed by atoms with van der Waals surface area (Å²) in [5.41, 5.74) is 2.66. The molecule has 4 heteroatoms. The number of hydrogen-bond donors (Lipinski definition) is 1. The summed E-state index contributed by atoms with van der Waals surface area (Å²) in [6.07, 6.45) is 2.48. The highest BCUT2D eigenvalue weighted by atomic mass is 16.5. The lowest BCUT2D eigenvalue weighted by Crippen LogP contribution is -2.40. The summed E-state index contributed by atoms with van der Waals surface area (Å²) in [6, 6.07) is 2.21. The highest BCUT2D eigenvalue weighted by molar-refractivity contribution is 5.13. The minimum absolute atomic E-state index is 0.216. The third-order valence-electron chi connectivity index (χ3n) is 4.18. The van der Waals surface area contributed by atoms with Gasteiger partial charge in [-0.15, -0.1) is 0 Å². The molecule has 2 rings (SSSR count). The minimum atomic E-state index is 0.216. The second kappa shape index (κ2) is 5.41. The van der Waals surface area contributed by atoms with Crippen LogP contribution in [-0.4, -0.2) is 36.1 Å². The van der Waals surface area contributed by atoms with Crippen LogP contribution in [0.2, 0.25) is 0 Å². The predicted octanol–water partition coefficient (Wildman–Crippen LogP) is 1.77. The molecule has 1 fully saturated rings. The molecular formula is C14H25N3O. The van der Waals surface area contributed by atoms with Crippen molar-refractivity contribution < 1.29 is 4.74 Å². The van der Waals surface area contributed by atoms with Gasteiger partial charge in [-0.05, 0) is 46.7 Å². The van der Waals surface area contributed by atoms with Crippen molar-refractivity contribution in [3.63, 3.8) is 0 Å². The topological polar surface area (TPSA) is 39.1 Å². The summed E-state index contributed by atoms with van der Waals surface area (Å²) in [6.45, 7) is 9.23. The lowest BCUT2D eigenvalue weighted by Gasteiger charge is -2.32. The van der Waals surface area contributed by atoms with E-state index in [-0.39, 0.29) is 5.41 Å². The van der Waals surface area contributed by atoms with Crippen LogP contribution in [0, 0.1) is 12.3 Å². The molecule has 2 heterocycles. The molecule has 0 amide bonds. The van der Waals surface area contributed by atoms with Crippen molar-refractivity contribution in [1.82, 2.24) is 15.1 Å². The molecule has 0 radical (unpaired) electrons. The molecule has 1 aromatic heterocycles. The fourth-order valence-corrected chi connectivity index (χ4v) is 3.07. The fourth-order valence-electron chi connectivity index (χ4n) is 3.07. The number of ether oxygens (including phenoxy) is 1. The van der Waals surface area contributed by atoms with E-state index < -0.39 is 0 Å². The largest absolute Gasteiger partial charge is 0.378 e. The van der Waals surface area contributed by atoms with Crippen LogP contribution in [0.3, 0.4) is 0 Å². The van der Waals surface area contributed by atoms with Crippen molar-refractivity contribution in [3.8, 4) is 0 Å². The van der Waals surface area contributed by atoms with E-state index in [1.54, 1.807) is 0 Å². The van der Waals surface area contributed by atoms with Gasteiger partial charge in [0.1, 0.15) is 0 Å². The van der Waals surface area contributed by atoms with Gasteiger partial charge in [-0.2, -0.15) is 5.10 Å². The average Bonchev–Trinajstić information content (AvgIpc) is 2.85. The highest BCUT2D eigenvalue weighted by Crippen LogP contribution is 2.37. The van der Waals surface area contributed by atoms with Crippen LogP contribution in [-0.2, 0) is 17.7 Å². The van der Waals surface area contributed by atoms with Gasteiger partial charge < -0.3 is 10.1 Å². The Bertz CT molecular complexity index is 402. The average molecular weight is 251 g/mol. The van der Waals surface area contributed by atoms with Gasteiger partial charge in [0.05, 0.1) is 11.8 Å². The van der Waals surface area contributed by atoms with E-state index in [4.69, 9.17) is 4.74 Å². The predicted molar refractivity (Wildman–Crippen MR) is 72.7 cm³/mol. The Labute approximate surface area is 110 Å². The van der Waals surface area contributed by atoms with Gasteiger partial charge in [0, 0.05) is 30.8 Å². The van der Waals surface area contributed by atoms with E-state index in [2.05, 4.69) is 41.9 Å². The van der Waals surface area contributed by atoms with Crippen LogP contribution in [0.1, 0.15) is 31.7 Å². The molecule has 1 aliphatic rings. The Morgan fingerprint density at radius 3 is 2.94 bits per heavy atom. The van der Waals surface area contributed by atoms with E-state index in [0.717, 1.165) is 38.2 Å². The summed E-state index contributed by atoms with van der Waals surface area (Å²) < 4.78 is 7.93. The fraction of sp³-hybridized carbons (Fsp3) is 0.786. The summed E-state index contributed by atoms with van der Waals surface area (Å²) in [5, 5.41) is 7.88. The zero-order valence-corrected chi connectivity index (χ0v) is 12.0. The van der Waals surface area contributed by atoms with Gasteiger partial charge in [-0.3, -0.25) is 4.68 Å². The number of rotatable bonds is 5. The van der Waals surface area contributed by atoms with Gasteiger partial charge in [0.25, 0.3) is 0 Å². The number of aryl methyl sites for hydroxylation is 2. The summed E-state index contributed by atoms with van der Waals surface area (Å²) in [4.78, 5) is 0. The molecule has 0 spiro atoms. The summed E-state index contributed by atoms with van der Waals surface area (Å²) >= 11 is 0. The minimum Gasteiger partial charge on any atom is -0.378 e. The van der Waals surface area contributed by atoms with Crippen molar-refractivity contribution in [3.05, 3.63) is 17.5 Å². The molecule has 0 aliphatic carbocycles. The second-order valence-corrected chi connectivity index (χ2v) is 5.43. The molecule has 102 valence electrons. The molecule has 2 atom stereocenters. The maximum Gasteiger partial charge on any atom is 0.0619 e. The Morgan fingerprint density at radius 1 is 1.61 bits per heavy atom. The maximum absolute atomic E-state index is 5.80. The monoisotopic (exact) mass is 251 g/mol. The van der Waals surface area contributed by atoms with Gasteiger partial charge in [-0.1, -0.05) is 0 Å². The lowest BCUT2D eigenvalue weighted by atomic mass is 9.77. The first-order valence-electron chi connectivity index (χ1n) is 6.91. The van der Waals surface area contributed by atoms with Crippen LogP contribution >= 0.6 is 0 Å². The molecular weight excluding hydrogens is 226 g/mol. The van der Waals surface area contributed by atoms with E-state index >= 15 is 0 Å². The van der Waals surface area contributed by atoms with Crippen LogP contribution in [0.15, 0.2) is 6.07 Å². The van der Waals surface area contributed by atoms with Crippen molar-refractivity contribution in [1.29, 1.82) is 0 Å². The van der Waals surface area contributed by atoms with E-state index in [1.807, 2.05) is 7.05 Å². The first-order valence-corrected chi connectivity index (χ1v) is 6.91. The van der Waals surface area contributed by atoms with Crippen LogP contribution in [0.5, 0.6) is 0 Å². The SMILES string of the molecule is CCn1nc(C)cc1CC1(CNC)CCOC1C. The van der Waals surface area contributed by atoms with Crippen molar-refractivity contribution in [2.45, 2.75) is 46.3 Å². The Morgan fingerprint density at radius 2 is 2.39 bits per heavy atom. The zero-order chi connectivity index (χ0) is 13.2. The third-order valence-corrected chi connectivity index (χ3v) is 4.18. The van der Waals surface area contributed by atoms with E-state index in [9.17, 15) is 0 Å². The molecule has 1 aliphatic heterocycles. The number of nitrogens with one attached hydrogen (secondary N) is 1. The Hall–Kier alpha value is -0.870. The molecule has 1 aromatic rings. The third kappa shape index (κ3) is 2.45. The van der Waals surface area contributed by atoms with Gasteiger partial charge in [0.15, 0.2) is 0 Å². The quantitative estimate of drug-likeness (QED) is 0.867. The molecule has 1 N–H and O–H groups in total. The van der Waals surface area contributed by atoms with Crippen LogP contribution < -0.4 is 5.32 Å². The normalized spacial score (nSPS) is 27.9. The van der Waals surface area contributed by atoms with Crippen molar-refractivity contribution >= 4 is 0 Å². The smallest absolute Gasteiger partial charge is 0.0619 e. The number of nitrogens with zero attached hydrogens (tertiary/aromatic N) is 2. The molecule has 18 heavy (non-hydrogen) atoms. The van der Waals surface area contributed by atoms with Crippen LogP contribution in [0.25, 0.3) is 0 Å². The molecule has 2 unspecified atom stereocenters. The zero-order valence-electron chi connectivity index (χ0n) is 12.0. The Balaban J connectivity index is 2.23. The van der Waals surface area contributed by atoms with Crippen molar-refractivity contribution in [2.24, 2.45) is 5.41 Å². The first-order chi connectivity index (χ1) is 8.61. The maximum atomic E-state index is 5.80. The molecule has 0 bridgehead atoms. The second-order valence-electron chi connectivity index (χ2n) is 5.43. The summed E-state index contributed by atoms with van der Waals surface area (Å²) in [5.74, 6) is 0. The van der Waals surface area contributed by atoms with Gasteiger partial charge >= 0.3 is 0 Å². The number of aromatic nitrogens is 2. The van der Waals surface area contributed by atoms with E-state index in [1.165, 1.54) is 5.69 Å². The lowest BCUT2D eigenvalue weighted by molar-refractivity contribution is 0.0630. The standard InChI is InChI=1S/C14H25N3O/c1-5-17-13(8-11(2)16-17)9-14(10-15-4)6-7-18-12(14)3/h8,12,15H,5-7,9-10H2,1-4H3. The van der Waals surface area contributed by atoms with E-state index in [0.29, 0.717) is 6.10 Å². The molecule has 1 saturated heterocycles. The summed E-state index contributed by atoms with van der Waals surface area (Å²) in [7, 11) is 2.02. The Kier molecular flexibility index (Phi) is 4.07. The van der Waals surface area contributed by atoms with Gasteiger partial charge in [0.2, 0.25) is 0 Å². The highest BCUT2D eigenvalue weighted by Gasteiger charge is 2.41. The number of hydrogen-bond acceptors (Lipinski definition) is 3. The van der Waals surface area contributed by atoms with Gasteiger partial charge in [-0.25, -0.2) is 0 Å². The molecule has 4 nitrogen and oxygen atoms in total. The molecule has 0 aromatic carbocycles. The molecule has 0 saturated carbocycles. The van der Waals surface area contributed by atoms with Crippen molar-refractivity contribution in [2.75, 3.05) is 20.2 Å². The first kappa shape index (κ1) is 13.6.